The van der Waals surface area contributed by atoms with Crippen LogP contribution in [-0.2, 0) is 48.7 Å². The summed E-state index contributed by atoms with van der Waals surface area (Å²) >= 11 is 0. The van der Waals surface area contributed by atoms with Crippen LogP contribution in [0.2, 0.25) is 0 Å². The van der Waals surface area contributed by atoms with Gasteiger partial charge in [-0.05, 0) is 23.2 Å². The zero-order valence-electron chi connectivity index (χ0n) is 21.1. The van der Waals surface area contributed by atoms with Gasteiger partial charge in [-0.1, -0.05) is 18.2 Å². The summed E-state index contributed by atoms with van der Waals surface area (Å²) < 4.78 is 150. The lowest BCUT2D eigenvalue weighted by atomic mass is 9.74. The number of nitrogens with zero attached hydrogens (tertiary/aromatic N) is 1. The molecule has 226 valence electrons. The van der Waals surface area contributed by atoms with Crippen molar-refractivity contribution >= 4 is 57.6 Å². The molecule has 1 heterocycles. The van der Waals surface area contributed by atoms with Crippen LogP contribution in [0.1, 0.15) is 0 Å². The van der Waals surface area contributed by atoms with Crippen LogP contribution in [0.4, 0.5) is 18.9 Å². The van der Waals surface area contributed by atoms with Crippen molar-refractivity contribution in [3.8, 4) is 16.9 Å². The maximum Gasteiger partial charge on any atom is 0.573 e. The highest BCUT2D eigenvalue weighted by Gasteiger charge is 2.83. The van der Waals surface area contributed by atoms with Crippen molar-refractivity contribution in [2.75, 3.05) is 25.0 Å². The zero-order chi connectivity index (χ0) is 31.6. The summed E-state index contributed by atoms with van der Waals surface area (Å²) in [6.45, 7) is 0. The molecule has 41 heavy (non-hydrogen) atoms. The highest BCUT2D eigenvalue weighted by atomic mass is 32.3. The molecule has 0 aromatic heterocycles. The molecule has 2 aromatic carbocycles. The zero-order valence-corrected chi connectivity index (χ0v) is 24.4. The first-order valence-corrected chi connectivity index (χ1v) is 18.1. The van der Waals surface area contributed by atoms with Gasteiger partial charge in [-0.15, -0.1) is 13.2 Å². The second kappa shape index (κ2) is 9.90. The molecule has 2 aromatic rings. The van der Waals surface area contributed by atoms with Crippen LogP contribution in [0.25, 0.3) is 11.1 Å². The minimum Gasteiger partial charge on any atom is -0.405 e. The number of para-hydroxylation sites is 1. The molecular formula is C19H19BF3NO13S4. The van der Waals surface area contributed by atoms with E-state index in [0.717, 1.165) is 30.3 Å². The fourth-order valence-corrected chi connectivity index (χ4v) is 15.5. The average molecular weight is 665 g/mol. The molecule has 0 saturated carbocycles. The lowest BCUT2D eigenvalue weighted by Gasteiger charge is -2.37. The number of benzene rings is 2. The molecule has 1 saturated heterocycles. The first kappa shape index (κ1) is 32.7. The normalized spacial score (nSPS) is 17.8. The summed E-state index contributed by atoms with van der Waals surface area (Å²) in [4.78, 5) is 10.5. The monoisotopic (exact) mass is 665 g/mol. The number of rotatable bonds is 8. The Morgan fingerprint density at radius 1 is 0.780 bits per heavy atom. The smallest absolute Gasteiger partial charge is 0.405 e. The SMILES string of the molecule is CS(=O)(=O)C1(S(C)(=O)=O)OB(c2cc([N+](=O)[O-])ccc2-c2ccccc2OC(F)(F)F)OC1(S(C)(=O)=O)S(C)(=O)=O. The molecule has 22 heteroatoms. The number of hydrogen-bond donors (Lipinski definition) is 0. The molecule has 0 spiro atoms. The first-order chi connectivity index (χ1) is 18.3. The van der Waals surface area contributed by atoms with Gasteiger partial charge in [0.25, 0.3) is 5.69 Å². The third kappa shape index (κ3) is 5.31. The molecule has 3 rings (SSSR count). The fourth-order valence-electron chi connectivity index (χ4n) is 4.39. The van der Waals surface area contributed by atoms with Crippen LogP contribution in [-0.4, -0.2) is 85.6 Å². The number of alkyl halides is 3. The number of ether oxygens (including phenoxy) is 1. The van der Waals surface area contributed by atoms with Crippen LogP contribution in [0.5, 0.6) is 5.75 Å². The topological polar surface area (TPSA) is 207 Å². The summed E-state index contributed by atoms with van der Waals surface area (Å²) in [5.74, 6) is -0.900. The molecule has 1 fully saturated rings. The molecule has 1 aliphatic heterocycles. The van der Waals surface area contributed by atoms with E-state index in [-0.39, 0.29) is 25.0 Å². The number of halogens is 3. The van der Waals surface area contributed by atoms with Crippen molar-refractivity contribution in [2.24, 2.45) is 0 Å². The van der Waals surface area contributed by atoms with Crippen molar-refractivity contribution in [3.05, 3.63) is 52.6 Å². The highest BCUT2D eigenvalue weighted by molar-refractivity contribution is 8.16. The van der Waals surface area contributed by atoms with Gasteiger partial charge in [0.1, 0.15) is 5.75 Å². The molecule has 1 aliphatic rings. The Morgan fingerprint density at radius 3 is 1.61 bits per heavy atom. The Balaban J connectivity index is 2.53. The van der Waals surface area contributed by atoms with E-state index < -0.39 is 94.3 Å². The Labute approximate surface area is 232 Å². The van der Waals surface area contributed by atoms with E-state index in [1.165, 1.54) is 6.07 Å². The van der Waals surface area contributed by atoms with Gasteiger partial charge in [-0.25, -0.2) is 33.7 Å². The van der Waals surface area contributed by atoms with E-state index in [4.69, 9.17) is 9.31 Å². The minimum atomic E-state index is -5.47. The molecule has 0 aliphatic carbocycles. The van der Waals surface area contributed by atoms with Gasteiger partial charge in [0, 0.05) is 42.7 Å². The minimum absolute atomic E-state index is 0.158. The van der Waals surface area contributed by atoms with E-state index in [0.29, 0.717) is 6.07 Å². The van der Waals surface area contributed by atoms with Crippen LogP contribution >= 0.6 is 0 Å². The predicted molar refractivity (Wildman–Crippen MR) is 138 cm³/mol. The van der Waals surface area contributed by atoms with Gasteiger partial charge in [0.05, 0.1) is 4.92 Å². The van der Waals surface area contributed by atoms with E-state index in [2.05, 4.69) is 4.74 Å². The summed E-state index contributed by atoms with van der Waals surface area (Å²) in [7, 11) is -24.5. The number of sulfone groups is 4. The van der Waals surface area contributed by atoms with Gasteiger partial charge in [-0.3, -0.25) is 10.1 Å². The Hall–Kier alpha value is -2.79. The molecule has 0 bridgehead atoms. The number of non-ortho nitro benzene ring substituents is 1. The summed E-state index contributed by atoms with van der Waals surface area (Å²) in [6.07, 6.45) is -4.62. The van der Waals surface area contributed by atoms with Gasteiger partial charge < -0.3 is 14.0 Å². The van der Waals surface area contributed by atoms with Crippen LogP contribution in [0.3, 0.4) is 0 Å². The van der Waals surface area contributed by atoms with Crippen molar-refractivity contribution in [2.45, 2.75) is 14.9 Å². The largest absolute Gasteiger partial charge is 0.573 e. The summed E-state index contributed by atoms with van der Waals surface area (Å²) in [5, 5.41) is 11.5. The summed E-state index contributed by atoms with van der Waals surface area (Å²) in [6, 6.07) is 6.35. The first-order valence-electron chi connectivity index (χ1n) is 10.6. The van der Waals surface area contributed by atoms with Gasteiger partial charge >= 0.3 is 22.0 Å². The molecule has 14 nitrogen and oxygen atoms in total. The van der Waals surface area contributed by atoms with E-state index >= 15 is 0 Å². The lowest BCUT2D eigenvalue weighted by molar-refractivity contribution is -0.384. The average Bonchev–Trinajstić information content (AvgIpc) is 3.18. The maximum absolute atomic E-state index is 13.1. The van der Waals surface area contributed by atoms with Crippen molar-refractivity contribution in [1.29, 1.82) is 0 Å². The second-order valence-corrected chi connectivity index (χ2v) is 17.8. The van der Waals surface area contributed by atoms with Gasteiger partial charge in [0.2, 0.25) is 0 Å². The molecule has 0 N–H and O–H groups in total. The highest BCUT2D eigenvalue weighted by Crippen LogP contribution is 2.51. The third-order valence-electron chi connectivity index (χ3n) is 5.75. The van der Waals surface area contributed by atoms with Crippen molar-refractivity contribution in [3.63, 3.8) is 0 Å². The van der Waals surface area contributed by atoms with Crippen LogP contribution in [0, 0.1) is 10.1 Å². The second-order valence-electron chi connectivity index (χ2n) is 8.84. The Morgan fingerprint density at radius 2 is 1.22 bits per heavy atom. The summed E-state index contributed by atoms with van der Waals surface area (Å²) in [5.41, 5.74) is -2.61. The molecule has 0 amide bonds. The quantitative estimate of drug-likeness (QED) is 0.213. The third-order valence-corrected chi connectivity index (χ3v) is 15.3. The van der Waals surface area contributed by atoms with Crippen molar-refractivity contribution < 1.29 is 65.8 Å². The Kier molecular flexibility index (Phi) is 7.90. The number of nitro benzene ring substituents is 1. The lowest BCUT2D eigenvalue weighted by Crippen LogP contribution is -2.67. The number of nitro groups is 1. The fraction of sp³-hybridized carbons (Fsp3) is 0.368. The predicted octanol–water partition coefficient (Wildman–Crippen LogP) is 0.388. The number of hydrogen-bond acceptors (Lipinski definition) is 13. The van der Waals surface area contributed by atoms with E-state index in [9.17, 15) is 57.0 Å². The van der Waals surface area contributed by atoms with Crippen molar-refractivity contribution in [1.82, 2.24) is 0 Å². The molecule has 0 radical (unpaired) electrons. The molecular weight excluding hydrogens is 646 g/mol. The maximum atomic E-state index is 13.1. The van der Waals surface area contributed by atoms with E-state index in [1.54, 1.807) is 0 Å². The Bertz CT molecular complexity index is 1720. The van der Waals surface area contributed by atoms with Gasteiger partial charge in [-0.2, -0.15) is 0 Å². The van der Waals surface area contributed by atoms with Crippen LogP contribution in [0.15, 0.2) is 42.5 Å². The van der Waals surface area contributed by atoms with Crippen LogP contribution < -0.4 is 10.2 Å². The molecule has 0 unspecified atom stereocenters. The molecule has 0 atom stereocenters. The van der Waals surface area contributed by atoms with E-state index in [1.807, 2.05) is 0 Å². The van der Waals surface area contributed by atoms with Gasteiger partial charge in [0.15, 0.2) is 39.3 Å². The standard InChI is InChI=1S/C19H19BF3NO13S4/c1-38(27,28)17(39(2,29)30)18(40(3,31)32,41(4,33)34)37-20(36-17)15-11-12(24(25)26)9-10-13(15)14-7-5-6-8-16(14)35-19(21,22)23/h5-11H,1-4H3.